The molecule has 0 fully saturated rings. The topological polar surface area (TPSA) is 121 Å². The normalized spacial score (nSPS) is 13.4. The number of hydrogen-bond acceptors (Lipinski definition) is 5. The lowest BCUT2D eigenvalue weighted by molar-refractivity contribution is -0.385. The van der Waals surface area contributed by atoms with Gasteiger partial charge in [-0.3, -0.25) is 20.0 Å². The monoisotopic (exact) mass is 304 g/mol. The first-order chi connectivity index (χ1) is 10.5. The van der Waals surface area contributed by atoms with Crippen LogP contribution in [0.15, 0.2) is 36.5 Å². The van der Waals surface area contributed by atoms with Gasteiger partial charge in [-0.05, 0) is 18.9 Å². The summed E-state index contributed by atoms with van der Waals surface area (Å²) in [7, 11) is 0. The molecular weight excluding hydrogens is 288 g/mol. The first-order valence-corrected chi connectivity index (χ1v) is 6.70. The second-order valence-corrected chi connectivity index (χ2v) is 4.92. The molecule has 0 saturated heterocycles. The minimum Gasteiger partial charge on any atom is -0.388 e. The van der Waals surface area contributed by atoms with Gasteiger partial charge in [0.25, 0.3) is 5.91 Å². The number of hydrogen-bond donors (Lipinski definition) is 3. The van der Waals surface area contributed by atoms with Gasteiger partial charge in [-0.15, -0.1) is 0 Å². The summed E-state index contributed by atoms with van der Waals surface area (Å²) in [5, 5.41) is 29.3. The fraction of sp³-hybridized carbons (Fsp3) is 0.286. The van der Waals surface area contributed by atoms with E-state index in [-0.39, 0.29) is 23.8 Å². The van der Waals surface area contributed by atoms with Gasteiger partial charge in [-0.2, -0.15) is 5.10 Å². The Labute approximate surface area is 126 Å². The lowest BCUT2D eigenvalue weighted by Crippen LogP contribution is -2.34. The van der Waals surface area contributed by atoms with Crippen LogP contribution in [0.25, 0.3) is 0 Å². The molecule has 0 bridgehead atoms. The summed E-state index contributed by atoms with van der Waals surface area (Å²) in [5.74, 6) is -0.628. The van der Waals surface area contributed by atoms with Gasteiger partial charge in [-0.25, -0.2) is 0 Å². The molecule has 2 rings (SSSR count). The molecule has 8 nitrogen and oxygen atoms in total. The van der Waals surface area contributed by atoms with E-state index in [1.165, 1.54) is 0 Å². The van der Waals surface area contributed by atoms with Crippen molar-refractivity contribution >= 4 is 11.6 Å². The van der Waals surface area contributed by atoms with Gasteiger partial charge >= 0.3 is 5.69 Å². The van der Waals surface area contributed by atoms with Crippen LogP contribution in [0.2, 0.25) is 0 Å². The van der Waals surface area contributed by atoms with E-state index in [9.17, 15) is 20.0 Å². The Bertz CT molecular complexity index is 656. The molecule has 116 valence electrons. The number of nitrogens with zero attached hydrogens (tertiary/aromatic N) is 2. The van der Waals surface area contributed by atoms with Crippen LogP contribution in [0.4, 0.5) is 5.69 Å². The molecule has 8 heteroatoms. The Hall–Kier alpha value is -2.74. The van der Waals surface area contributed by atoms with Crippen molar-refractivity contribution in [2.75, 3.05) is 0 Å². The molecule has 0 aliphatic carbocycles. The average Bonchev–Trinajstić information content (AvgIpc) is 2.97. The molecule has 3 N–H and O–H groups in total. The van der Waals surface area contributed by atoms with Gasteiger partial charge in [0, 0.05) is 6.04 Å². The largest absolute Gasteiger partial charge is 0.388 e. The molecule has 0 aliphatic heterocycles. The number of carbonyl (C=O) groups is 1. The first kappa shape index (κ1) is 15.6. The van der Waals surface area contributed by atoms with E-state index in [4.69, 9.17) is 0 Å². The summed E-state index contributed by atoms with van der Waals surface area (Å²) in [6, 6.07) is 8.69. The molecule has 1 amide bonds. The molecule has 0 saturated carbocycles. The number of aliphatic hydroxyl groups excluding tert-OH is 1. The molecule has 0 spiro atoms. The number of rotatable bonds is 6. The van der Waals surface area contributed by atoms with E-state index in [0.29, 0.717) is 0 Å². The van der Waals surface area contributed by atoms with Crippen LogP contribution in [0.1, 0.15) is 35.5 Å². The minimum atomic E-state index is -0.728. The Morgan fingerprint density at radius 3 is 2.77 bits per heavy atom. The maximum absolute atomic E-state index is 12.0. The predicted molar refractivity (Wildman–Crippen MR) is 78.2 cm³/mol. The minimum absolute atomic E-state index is 0.203. The third kappa shape index (κ3) is 3.67. The highest BCUT2D eigenvalue weighted by Crippen LogP contribution is 2.19. The van der Waals surface area contributed by atoms with Crippen LogP contribution in [0.5, 0.6) is 0 Å². The van der Waals surface area contributed by atoms with Crippen molar-refractivity contribution in [1.29, 1.82) is 0 Å². The van der Waals surface area contributed by atoms with Crippen LogP contribution in [0, 0.1) is 10.1 Å². The number of nitrogens with one attached hydrogen (secondary N) is 2. The number of aromatic nitrogens is 2. The van der Waals surface area contributed by atoms with Gasteiger partial charge < -0.3 is 10.4 Å². The number of carbonyl (C=O) groups excluding carboxylic acids is 1. The Kier molecular flexibility index (Phi) is 4.84. The fourth-order valence-corrected chi connectivity index (χ4v) is 2.09. The van der Waals surface area contributed by atoms with Gasteiger partial charge in [0.15, 0.2) is 0 Å². The number of H-pyrrole nitrogens is 1. The summed E-state index contributed by atoms with van der Waals surface area (Å²) in [5.41, 5.74) is 0.162. The van der Waals surface area contributed by atoms with Gasteiger partial charge in [0.1, 0.15) is 6.20 Å². The number of aromatic amines is 1. The van der Waals surface area contributed by atoms with Crippen molar-refractivity contribution in [1.82, 2.24) is 15.5 Å². The summed E-state index contributed by atoms with van der Waals surface area (Å²) >= 11 is 0. The second kappa shape index (κ2) is 6.81. The lowest BCUT2D eigenvalue weighted by Gasteiger charge is -2.17. The van der Waals surface area contributed by atoms with Crippen LogP contribution in [0.3, 0.4) is 0 Å². The van der Waals surface area contributed by atoms with E-state index >= 15 is 0 Å². The smallest absolute Gasteiger partial charge is 0.319 e. The summed E-state index contributed by atoms with van der Waals surface area (Å²) in [6.45, 7) is 1.71. The summed E-state index contributed by atoms with van der Waals surface area (Å²) in [4.78, 5) is 22.1. The van der Waals surface area contributed by atoms with Crippen LogP contribution in [-0.4, -0.2) is 32.2 Å². The number of amides is 1. The van der Waals surface area contributed by atoms with Crippen molar-refractivity contribution in [2.24, 2.45) is 0 Å². The molecule has 0 radical (unpaired) electrons. The van der Waals surface area contributed by atoms with E-state index in [1.54, 1.807) is 19.1 Å². The van der Waals surface area contributed by atoms with Gasteiger partial charge in [-0.1, -0.05) is 30.3 Å². The zero-order chi connectivity index (χ0) is 16.1. The molecule has 22 heavy (non-hydrogen) atoms. The van der Waals surface area contributed by atoms with Crippen LogP contribution < -0.4 is 5.32 Å². The zero-order valence-corrected chi connectivity index (χ0v) is 11.9. The van der Waals surface area contributed by atoms with Crippen molar-refractivity contribution < 1.29 is 14.8 Å². The molecule has 0 aliphatic rings. The quantitative estimate of drug-likeness (QED) is 0.552. The molecule has 2 aromatic rings. The molecule has 1 aromatic carbocycles. The zero-order valence-electron chi connectivity index (χ0n) is 11.9. The van der Waals surface area contributed by atoms with Crippen molar-refractivity contribution in [2.45, 2.75) is 25.5 Å². The highest BCUT2D eigenvalue weighted by Gasteiger charge is 2.24. The number of benzene rings is 1. The van der Waals surface area contributed by atoms with E-state index < -0.39 is 16.9 Å². The van der Waals surface area contributed by atoms with Crippen molar-refractivity contribution in [3.63, 3.8) is 0 Å². The molecular formula is C14H16N4O4. The fourth-order valence-electron chi connectivity index (χ4n) is 2.09. The van der Waals surface area contributed by atoms with Crippen molar-refractivity contribution in [3.8, 4) is 0 Å². The van der Waals surface area contributed by atoms with E-state index in [1.807, 2.05) is 18.2 Å². The summed E-state index contributed by atoms with van der Waals surface area (Å²) in [6.07, 6.45) is 0.545. The van der Waals surface area contributed by atoms with Crippen molar-refractivity contribution in [3.05, 3.63) is 57.9 Å². The number of nitro groups is 1. The third-order valence-electron chi connectivity index (χ3n) is 3.18. The molecule has 1 aromatic heterocycles. The van der Waals surface area contributed by atoms with Gasteiger partial charge in [0.05, 0.1) is 11.0 Å². The van der Waals surface area contributed by atoms with E-state index in [0.717, 1.165) is 11.8 Å². The highest BCUT2D eigenvalue weighted by atomic mass is 16.6. The lowest BCUT2D eigenvalue weighted by atomic mass is 10.0. The predicted octanol–water partition coefficient (Wildman–Crippen LogP) is 1.56. The maximum Gasteiger partial charge on any atom is 0.319 e. The summed E-state index contributed by atoms with van der Waals surface area (Å²) < 4.78 is 0. The third-order valence-corrected chi connectivity index (χ3v) is 3.18. The second-order valence-electron chi connectivity index (χ2n) is 4.92. The Morgan fingerprint density at radius 1 is 1.45 bits per heavy atom. The van der Waals surface area contributed by atoms with E-state index in [2.05, 4.69) is 15.5 Å². The Morgan fingerprint density at radius 2 is 2.14 bits per heavy atom. The van der Waals surface area contributed by atoms with Crippen LogP contribution in [-0.2, 0) is 0 Å². The molecule has 2 atom stereocenters. The Balaban J connectivity index is 1.97. The van der Waals surface area contributed by atoms with Crippen LogP contribution >= 0.6 is 0 Å². The molecule has 1 heterocycles. The van der Waals surface area contributed by atoms with Gasteiger partial charge in [0.2, 0.25) is 5.69 Å². The standard InChI is InChI=1S/C14H16N4O4/c1-9(7-12(19)10-5-3-2-4-6-10)16-14(20)13-11(18(21)22)8-15-17-13/h2-6,8-9,12,19H,7H2,1H3,(H,15,17)(H,16,20). The SMILES string of the molecule is CC(CC(O)c1ccccc1)NC(=O)c1[nH]ncc1[N+](=O)[O-]. The average molecular weight is 304 g/mol. The first-order valence-electron chi connectivity index (χ1n) is 6.70. The highest BCUT2D eigenvalue weighted by molar-refractivity contribution is 5.96. The maximum atomic E-state index is 12.0. The number of aliphatic hydroxyl groups is 1. The molecule has 2 unspecified atom stereocenters.